The summed E-state index contributed by atoms with van der Waals surface area (Å²) in [5.41, 5.74) is 0.788. The van der Waals surface area contributed by atoms with Crippen LogP contribution in [-0.2, 0) is 0 Å². The minimum Gasteiger partial charge on any atom is -0.314 e. The molecule has 20 heavy (non-hydrogen) atoms. The quantitative estimate of drug-likeness (QED) is 0.852. The maximum atomic E-state index is 3.44. The standard InChI is InChI=1S/C17H33N3/c1-19(14-15-20-12-10-18-11-13-20)16-4-8-17(9-5-16)6-2-3-7-17/h16,18H,2-15H2,1H3. The number of hydrogen-bond donors (Lipinski definition) is 1. The Hall–Kier alpha value is -0.120. The van der Waals surface area contributed by atoms with Crippen molar-refractivity contribution in [2.24, 2.45) is 5.41 Å². The highest BCUT2D eigenvalue weighted by Crippen LogP contribution is 2.49. The van der Waals surface area contributed by atoms with Crippen LogP contribution in [0.15, 0.2) is 0 Å². The first-order valence-electron chi connectivity index (χ1n) is 8.91. The molecule has 0 radical (unpaired) electrons. The average molecular weight is 279 g/mol. The Morgan fingerprint density at radius 3 is 2.35 bits per heavy atom. The van der Waals surface area contributed by atoms with Crippen LogP contribution in [0.2, 0.25) is 0 Å². The number of hydrogen-bond acceptors (Lipinski definition) is 3. The molecule has 0 aromatic heterocycles. The Morgan fingerprint density at radius 2 is 1.70 bits per heavy atom. The first kappa shape index (κ1) is 14.8. The summed E-state index contributed by atoms with van der Waals surface area (Å²) >= 11 is 0. The zero-order valence-electron chi connectivity index (χ0n) is 13.4. The molecule has 1 saturated heterocycles. The van der Waals surface area contributed by atoms with Crippen molar-refractivity contribution < 1.29 is 0 Å². The number of piperazine rings is 1. The molecule has 3 rings (SSSR count). The minimum absolute atomic E-state index is 0.788. The van der Waals surface area contributed by atoms with E-state index < -0.39 is 0 Å². The molecule has 1 heterocycles. The molecule has 2 aliphatic carbocycles. The molecular formula is C17H33N3. The predicted molar refractivity (Wildman–Crippen MR) is 85.1 cm³/mol. The summed E-state index contributed by atoms with van der Waals surface area (Å²) in [6, 6.07) is 0.865. The summed E-state index contributed by atoms with van der Waals surface area (Å²) in [7, 11) is 2.36. The summed E-state index contributed by atoms with van der Waals surface area (Å²) in [6.07, 6.45) is 12.0. The molecule has 3 nitrogen and oxygen atoms in total. The van der Waals surface area contributed by atoms with Crippen molar-refractivity contribution in [3.63, 3.8) is 0 Å². The summed E-state index contributed by atoms with van der Waals surface area (Å²) in [6.45, 7) is 7.35. The van der Waals surface area contributed by atoms with Crippen LogP contribution in [0.25, 0.3) is 0 Å². The van der Waals surface area contributed by atoms with E-state index in [1.54, 1.807) is 0 Å². The molecule has 2 saturated carbocycles. The van der Waals surface area contributed by atoms with Crippen molar-refractivity contribution >= 4 is 0 Å². The fourth-order valence-electron chi connectivity index (χ4n) is 4.70. The van der Waals surface area contributed by atoms with Crippen LogP contribution in [0, 0.1) is 5.41 Å². The zero-order chi connectivity index (χ0) is 13.8. The molecular weight excluding hydrogens is 246 g/mol. The maximum Gasteiger partial charge on any atom is 0.0110 e. The van der Waals surface area contributed by atoms with Crippen molar-refractivity contribution in [3.8, 4) is 0 Å². The second kappa shape index (κ2) is 6.76. The van der Waals surface area contributed by atoms with Crippen LogP contribution in [-0.4, -0.2) is 62.2 Å². The molecule has 0 aromatic carbocycles. The van der Waals surface area contributed by atoms with Crippen LogP contribution in [0.1, 0.15) is 51.4 Å². The van der Waals surface area contributed by atoms with Gasteiger partial charge in [-0.05, 0) is 51.0 Å². The third-order valence-electron chi connectivity index (χ3n) is 6.28. The highest BCUT2D eigenvalue weighted by atomic mass is 15.2. The van der Waals surface area contributed by atoms with Crippen molar-refractivity contribution in [1.29, 1.82) is 0 Å². The zero-order valence-corrected chi connectivity index (χ0v) is 13.4. The van der Waals surface area contributed by atoms with Gasteiger partial charge >= 0.3 is 0 Å². The van der Waals surface area contributed by atoms with E-state index in [0.717, 1.165) is 11.5 Å². The van der Waals surface area contributed by atoms with Gasteiger partial charge < -0.3 is 10.2 Å². The topological polar surface area (TPSA) is 18.5 Å². The van der Waals surface area contributed by atoms with Crippen molar-refractivity contribution in [2.45, 2.75) is 57.4 Å². The second-order valence-corrected chi connectivity index (χ2v) is 7.51. The van der Waals surface area contributed by atoms with Gasteiger partial charge in [0.1, 0.15) is 0 Å². The molecule has 0 amide bonds. The summed E-state index contributed by atoms with van der Waals surface area (Å²) < 4.78 is 0. The molecule has 1 spiro atoms. The van der Waals surface area contributed by atoms with Crippen LogP contribution in [0.4, 0.5) is 0 Å². The van der Waals surface area contributed by atoms with Crippen molar-refractivity contribution in [1.82, 2.24) is 15.1 Å². The van der Waals surface area contributed by atoms with Crippen molar-refractivity contribution in [2.75, 3.05) is 46.3 Å². The highest BCUT2D eigenvalue weighted by Gasteiger charge is 2.38. The molecule has 3 aliphatic rings. The van der Waals surface area contributed by atoms with Gasteiger partial charge in [-0.3, -0.25) is 4.90 Å². The van der Waals surface area contributed by atoms with E-state index in [1.165, 1.54) is 90.6 Å². The SMILES string of the molecule is CN(CCN1CCNCC1)C1CCC2(CCCC2)CC1. The Bertz CT molecular complexity index is 283. The third kappa shape index (κ3) is 3.55. The van der Waals surface area contributed by atoms with Gasteiger partial charge in [0.05, 0.1) is 0 Å². The van der Waals surface area contributed by atoms with Crippen molar-refractivity contribution in [3.05, 3.63) is 0 Å². The summed E-state index contributed by atoms with van der Waals surface area (Å²) in [4.78, 5) is 5.28. The van der Waals surface area contributed by atoms with E-state index in [-0.39, 0.29) is 0 Å². The molecule has 0 atom stereocenters. The lowest BCUT2D eigenvalue weighted by atomic mass is 9.71. The average Bonchev–Trinajstić information content (AvgIpc) is 2.95. The molecule has 116 valence electrons. The normalized spacial score (nSPS) is 28.5. The Morgan fingerprint density at radius 1 is 1.05 bits per heavy atom. The van der Waals surface area contributed by atoms with Crippen LogP contribution in [0.3, 0.4) is 0 Å². The van der Waals surface area contributed by atoms with Gasteiger partial charge in [-0.1, -0.05) is 12.8 Å². The monoisotopic (exact) mass is 279 g/mol. The predicted octanol–water partition coefficient (Wildman–Crippen LogP) is 2.33. The highest BCUT2D eigenvalue weighted by molar-refractivity contribution is 4.91. The summed E-state index contributed by atoms with van der Waals surface area (Å²) in [5, 5.41) is 3.44. The first-order valence-corrected chi connectivity index (χ1v) is 8.91. The Labute approximate surface area is 125 Å². The fourth-order valence-corrected chi connectivity index (χ4v) is 4.70. The first-order chi connectivity index (χ1) is 9.77. The summed E-state index contributed by atoms with van der Waals surface area (Å²) in [5.74, 6) is 0. The number of rotatable bonds is 4. The third-order valence-corrected chi connectivity index (χ3v) is 6.28. The minimum atomic E-state index is 0.788. The van der Waals surface area contributed by atoms with E-state index >= 15 is 0 Å². The van der Waals surface area contributed by atoms with Gasteiger partial charge in [0.15, 0.2) is 0 Å². The Kier molecular flexibility index (Phi) is 5.00. The van der Waals surface area contributed by atoms with Gasteiger partial charge in [0.25, 0.3) is 0 Å². The van der Waals surface area contributed by atoms with E-state index in [0.29, 0.717) is 0 Å². The number of nitrogens with zero attached hydrogens (tertiary/aromatic N) is 2. The van der Waals surface area contributed by atoms with Crippen LogP contribution in [0.5, 0.6) is 0 Å². The second-order valence-electron chi connectivity index (χ2n) is 7.51. The molecule has 0 aromatic rings. The van der Waals surface area contributed by atoms with Gasteiger partial charge in [-0.15, -0.1) is 0 Å². The van der Waals surface area contributed by atoms with E-state index in [9.17, 15) is 0 Å². The Balaban J connectivity index is 1.38. The smallest absolute Gasteiger partial charge is 0.0110 e. The number of likely N-dealkylation sites (N-methyl/N-ethyl adjacent to an activating group) is 1. The molecule has 0 unspecified atom stereocenters. The lowest BCUT2D eigenvalue weighted by Gasteiger charge is -2.41. The van der Waals surface area contributed by atoms with E-state index in [4.69, 9.17) is 0 Å². The van der Waals surface area contributed by atoms with Gasteiger partial charge in [-0.2, -0.15) is 0 Å². The van der Waals surface area contributed by atoms with Gasteiger partial charge in [-0.25, -0.2) is 0 Å². The largest absolute Gasteiger partial charge is 0.314 e. The molecule has 3 fully saturated rings. The number of nitrogens with one attached hydrogen (secondary N) is 1. The lowest BCUT2D eigenvalue weighted by molar-refractivity contribution is 0.0973. The van der Waals surface area contributed by atoms with E-state index in [2.05, 4.69) is 22.2 Å². The van der Waals surface area contributed by atoms with Crippen LogP contribution >= 0.6 is 0 Å². The lowest BCUT2D eigenvalue weighted by Crippen LogP contribution is -2.47. The molecule has 1 N–H and O–H groups in total. The van der Waals surface area contributed by atoms with Gasteiger partial charge in [0, 0.05) is 45.3 Å². The van der Waals surface area contributed by atoms with E-state index in [1.807, 2.05) is 0 Å². The fraction of sp³-hybridized carbons (Fsp3) is 1.00. The van der Waals surface area contributed by atoms with Crippen LogP contribution < -0.4 is 5.32 Å². The van der Waals surface area contributed by atoms with Gasteiger partial charge in [0.2, 0.25) is 0 Å². The maximum absolute atomic E-state index is 3.44. The molecule has 3 heteroatoms. The molecule has 0 bridgehead atoms. The molecule has 1 aliphatic heterocycles.